The van der Waals surface area contributed by atoms with Crippen LogP contribution in [-0.2, 0) is 0 Å². The third-order valence-electron chi connectivity index (χ3n) is 4.37. The van der Waals surface area contributed by atoms with Crippen LogP contribution in [0.25, 0.3) is 0 Å². The van der Waals surface area contributed by atoms with Crippen molar-refractivity contribution in [2.45, 2.75) is 38.8 Å². The van der Waals surface area contributed by atoms with Gasteiger partial charge in [-0.1, -0.05) is 0 Å². The summed E-state index contributed by atoms with van der Waals surface area (Å²) in [6.45, 7) is 7.20. The highest BCUT2D eigenvalue weighted by molar-refractivity contribution is 7.14. The molecule has 2 unspecified atom stereocenters. The van der Waals surface area contributed by atoms with Crippen LogP contribution in [0.3, 0.4) is 0 Å². The minimum Gasteiger partial charge on any atom is -0.398 e. The standard InChI is InChI=1S/C14H21N3OS/c1-9-7-16-5-3-4-11(16)8-17(9)14(18)13-6-12(15)10(2)19-13/h6,9,11H,3-5,7-8,15H2,1-2H3. The number of amides is 1. The summed E-state index contributed by atoms with van der Waals surface area (Å²) in [4.78, 5) is 19.0. The molecule has 2 aliphatic rings. The number of nitrogens with two attached hydrogens (primary N) is 1. The maximum absolute atomic E-state index is 12.6. The van der Waals surface area contributed by atoms with Crippen LogP contribution in [0.15, 0.2) is 6.07 Å². The number of fused-ring (bicyclic) bond motifs is 1. The van der Waals surface area contributed by atoms with Gasteiger partial charge in [0.2, 0.25) is 0 Å². The summed E-state index contributed by atoms with van der Waals surface area (Å²) in [7, 11) is 0. The normalized spacial score (nSPS) is 27.6. The first-order valence-corrected chi connectivity index (χ1v) is 7.79. The van der Waals surface area contributed by atoms with E-state index in [4.69, 9.17) is 5.73 Å². The zero-order valence-corrected chi connectivity index (χ0v) is 12.4. The molecule has 1 aromatic rings. The molecule has 1 aromatic heterocycles. The topological polar surface area (TPSA) is 49.6 Å². The van der Waals surface area contributed by atoms with Crippen molar-refractivity contribution in [2.24, 2.45) is 0 Å². The van der Waals surface area contributed by atoms with Gasteiger partial charge in [-0.3, -0.25) is 9.69 Å². The van der Waals surface area contributed by atoms with Gasteiger partial charge in [-0.25, -0.2) is 0 Å². The summed E-state index contributed by atoms with van der Waals surface area (Å²) < 4.78 is 0. The number of hydrogen-bond acceptors (Lipinski definition) is 4. The third kappa shape index (κ3) is 2.25. The molecule has 2 N–H and O–H groups in total. The van der Waals surface area contributed by atoms with Gasteiger partial charge in [-0.05, 0) is 39.3 Å². The number of piperazine rings is 1. The van der Waals surface area contributed by atoms with Gasteiger partial charge in [0.15, 0.2) is 0 Å². The van der Waals surface area contributed by atoms with E-state index in [0.29, 0.717) is 12.1 Å². The van der Waals surface area contributed by atoms with E-state index in [0.717, 1.165) is 28.5 Å². The van der Waals surface area contributed by atoms with Crippen molar-refractivity contribution in [1.29, 1.82) is 0 Å². The quantitative estimate of drug-likeness (QED) is 0.855. The molecule has 0 spiro atoms. The summed E-state index contributed by atoms with van der Waals surface area (Å²) in [5, 5.41) is 0. The third-order valence-corrected chi connectivity index (χ3v) is 5.42. The Balaban J connectivity index is 1.79. The van der Waals surface area contributed by atoms with E-state index in [9.17, 15) is 4.79 Å². The zero-order valence-electron chi connectivity index (χ0n) is 11.6. The summed E-state index contributed by atoms with van der Waals surface area (Å²) in [6, 6.07) is 2.69. The molecule has 1 amide bonds. The fourth-order valence-corrected chi connectivity index (χ4v) is 4.11. The highest BCUT2D eigenvalue weighted by Crippen LogP contribution is 2.29. The molecule has 0 aliphatic carbocycles. The number of carbonyl (C=O) groups is 1. The monoisotopic (exact) mass is 279 g/mol. The Labute approximate surface area is 118 Å². The number of thiophene rings is 1. The minimum atomic E-state index is 0.156. The van der Waals surface area contributed by atoms with Crippen LogP contribution < -0.4 is 5.73 Å². The second kappa shape index (κ2) is 4.80. The summed E-state index contributed by atoms with van der Waals surface area (Å²) in [5.41, 5.74) is 6.60. The number of anilines is 1. The lowest BCUT2D eigenvalue weighted by Gasteiger charge is -2.42. The van der Waals surface area contributed by atoms with Gasteiger partial charge in [0, 0.05) is 35.7 Å². The molecule has 0 aromatic carbocycles. The van der Waals surface area contributed by atoms with Crippen LogP contribution in [0, 0.1) is 6.92 Å². The second-order valence-corrected chi connectivity index (χ2v) is 6.98. The Kier molecular flexibility index (Phi) is 3.27. The van der Waals surface area contributed by atoms with Crippen LogP contribution in [0.4, 0.5) is 5.69 Å². The first-order chi connectivity index (χ1) is 9.06. The zero-order chi connectivity index (χ0) is 13.6. The van der Waals surface area contributed by atoms with Gasteiger partial charge < -0.3 is 10.6 Å². The first-order valence-electron chi connectivity index (χ1n) is 6.97. The van der Waals surface area contributed by atoms with Crippen LogP contribution >= 0.6 is 11.3 Å². The molecule has 19 heavy (non-hydrogen) atoms. The van der Waals surface area contributed by atoms with Crippen molar-refractivity contribution >= 4 is 22.9 Å². The van der Waals surface area contributed by atoms with Gasteiger partial charge in [0.05, 0.1) is 4.88 Å². The summed E-state index contributed by atoms with van der Waals surface area (Å²) in [6.07, 6.45) is 2.49. The first kappa shape index (κ1) is 12.9. The molecule has 0 radical (unpaired) electrons. The van der Waals surface area contributed by atoms with Crippen LogP contribution in [-0.4, -0.2) is 47.4 Å². The molecular formula is C14H21N3OS. The van der Waals surface area contributed by atoms with E-state index < -0.39 is 0 Å². The van der Waals surface area contributed by atoms with Gasteiger partial charge in [-0.15, -0.1) is 11.3 Å². The van der Waals surface area contributed by atoms with Crippen molar-refractivity contribution < 1.29 is 4.79 Å². The molecule has 3 heterocycles. The Bertz CT molecular complexity index is 479. The van der Waals surface area contributed by atoms with Crippen molar-refractivity contribution in [1.82, 2.24) is 9.80 Å². The van der Waals surface area contributed by atoms with Gasteiger partial charge >= 0.3 is 0 Å². The molecule has 0 bridgehead atoms. The molecule has 2 saturated heterocycles. The smallest absolute Gasteiger partial charge is 0.264 e. The number of hydrogen-bond donors (Lipinski definition) is 1. The van der Waals surface area contributed by atoms with Crippen molar-refractivity contribution in [3.63, 3.8) is 0 Å². The van der Waals surface area contributed by atoms with Crippen molar-refractivity contribution in [2.75, 3.05) is 25.4 Å². The van der Waals surface area contributed by atoms with Gasteiger partial charge in [-0.2, -0.15) is 0 Å². The SMILES string of the molecule is Cc1sc(C(=O)N2CC3CCCN3CC2C)cc1N. The Hall–Kier alpha value is -1.07. The molecule has 104 valence electrons. The highest BCUT2D eigenvalue weighted by Gasteiger charge is 2.37. The van der Waals surface area contributed by atoms with Crippen LogP contribution in [0.2, 0.25) is 0 Å². The lowest BCUT2D eigenvalue weighted by Crippen LogP contribution is -2.56. The van der Waals surface area contributed by atoms with E-state index in [1.165, 1.54) is 30.7 Å². The number of carbonyl (C=O) groups excluding carboxylic acids is 1. The van der Waals surface area contributed by atoms with E-state index in [1.807, 2.05) is 17.9 Å². The van der Waals surface area contributed by atoms with Crippen LogP contribution in [0.5, 0.6) is 0 Å². The summed E-state index contributed by atoms with van der Waals surface area (Å²) in [5.74, 6) is 0.156. The lowest BCUT2D eigenvalue weighted by atomic mass is 10.1. The number of nitrogens with zero attached hydrogens (tertiary/aromatic N) is 2. The second-order valence-electron chi connectivity index (χ2n) is 5.72. The fraction of sp³-hybridized carbons (Fsp3) is 0.643. The van der Waals surface area contributed by atoms with E-state index in [-0.39, 0.29) is 5.91 Å². The highest BCUT2D eigenvalue weighted by atomic mass is 32.1. The molecule has 4 nitrogen and oxygen atoms in total. The number of aryl methyl sites for hydroxylation is 1. The van der Waals surface area contributed by atoms with E-state index in [1.54, 1.807) is 0 Å². The maximum atomic E-state index is 12.6. The predicted octanol–water partition coefficient (Wildman–Crippen LogP) is 1.95. The fourth-order valence-electron chi connectivity index (χ4n) is 3.21. The predicted molar refractivity (Wildman–Crippen MR) is 78.6 cm³/mol. The largest absolute Gasteiger partial charge is 0.398 e. The molecule has 3 rings (SSSR count). The molecule has 0 saturated carbocycles. The molecule has 5 heteroatoms. The van der Waals surface area contributed by atoms with E-state index in [2.05, 4.69) is 11.8 Å². The van der Waals surface area contributed by atoms with Gasteiger partial charge in [0.25, 0.3) is 5.91 Å². The average molecular weight is 279 g/mol. The molecule has 2 atom stereocenters. The summed E-state index contributed by atoms with van der Waals surface area (Å²) >= 11 is 1.51. The minimum absolute atomic E-state index is 0.156. The number of nitrogen functional groups attached to an aromatic ring is 1. The van der Waals surface area contributed by atoms with Crippen molar-refractivity contribution in [3.05, 3.63) is 15.8 Å². The number of rotatable bonds is 1. The Morgan fingerprint density at radius 3 is 2.95 bits per heavy atom. The lowest BCUT2D eigenvalue weighted by molar-refractivity contribution is 0.0400. The van der Waals surface area contributed by atoms with Crippen molar-refractivity contribution in [3.8, 4) is 0 Å². The van der Waals surface area contributed by atoms with Gasteiger partial charge in [0.1, 0.15) is 0 Å². The van der Waals surface area contributed by atoms with Crippen LogP contribution in [0.1, 0.15) is 34.3 Å². The Morgan fingerprint density at radius 1 is 1.47 bits per heavy atom. The molecular weight excluding hydrogens is 258 g/mol. The van der Waals surface area contributed by atoms with E-state index >= 15 is 0 Å². The molecule has 2 fully saturated rings. The maximum Gasteiger partial charge on any atom is 0.264 e. The Morgan fingerprint density at radius 2 is 2.26 bits per heavy atom. The average Bonchev–Trinajstić information content (AvgIpc) is 2.94. The molecule has 2 aliphatic heterocycles.